The van der Waals surface area contributed by atoms with Crippen molar-refractivity contribution in [3.8, 4) is 5.69 Å². The highest BCUT2D eigenvalue weighted by Crippen LogP contribution is 2.32. The molecule has 1 aliphatic heterocycles. The first kappa shape index (κ1) is 18.4. The van der Waals surface area contributed by atoms with Gasteiger partial charge in [-0.1, -0.05) is 37.6 Å². The number of anilines is 1. The summed E-state index contributed by atoms with van der Waals surface area (Å²) in [6.45, 7) is 6.07. The Morgan fingerprint density at radius 3 is 2.50 bits per heavy atom. The molecular formula is C22H20ClN3O2. The van der Waals surface area contributed by atoms with Crippen molar-refractivity contribution in [3.63, 3.8) is 0 Å². The average Bonchev–Trinajstić information content (AvgIpc) is 2.67. The van der Waals surface area contributed by atoms with E-state index in [1.54, 1.807) is 34.6 Å². The summed E-state index contributed by atoms with van der Waals surface area (Å²) < 4.78 is 1.64. The van der Waals surface area contributed by atoms with Crippen LogP contribution in [0.4, 0.5) is 5.69 Å². The monoisotopic (exact) mass is 393 g/mol. The molecule has 0 spiro atoms. The zero-order valence-corrected chi connectivity index (χ0v) is 16.7. The number of carbonyl (C=O) groups excluding carboxylic acids is 1. The van der Waals surface area contributed by atoms with Crippen molar-refractivity contribution < 1.29 is 4.79 Å². The summed E-state index contributed by atoms with van der Waals surface area (Å²) in [5, 5.41) is 1.13. The highest BCUT2D eigenvalue weighted by molar-refractivity contribution is 6.30. The molecule has 2 heterocycles. The Morgan fingerprint density at radius 1 is 1.14 bits per heavy atom. The maximum atomic E-state index is 13.4. The Hall–Kier alpha value is -2.92. The number of hydrogen-bond donors (Lipinski definition) is 0. The van der Waals surface area contributed by atoms with E-state index in [2.05, 4.69) is 0 Å². The van der Waals surface area contributed by atoms with Crippen LogP contribution in [0, 0.1) is 0 Å². The summed E-state index contributed by atoms with van der Waals surface area (Å²) in [5.74, 6) is 0.658. The minimum Gasteiger partial charge on any atom is -0.308 e. The number of hydrogen-bond acceptors (Lipinski definition) is 3. The second-order valence-electron chi connectivity index (χ2n) is 7.17. The van der Waals surface area contributed by atoms with Crippen molar-refractivity contribution in [2.24, 2.45) is 0 Å². The molecule has 4 rings (SSSR count). The number of rotatable bonds is 2. The van der Waals surface area contributed by atoms with Crippen LogP contribution in [-0.4, -0.2) is 22.0 Å². The van der Waals surface area contributed by atoms with Gasteiger partial charge in [0.1, 0.15) is 5.82 Å². The van der Waals surface area contributed by atoms with Crippen LogP contribution in [0.2, 0.25) is 5.02 Å². The number of carbonyl (C=O) groups is 1. The van der Waals surface area contributed by atoms with E-state index < -0.39 is 0 Å². The zero-order valence-electron chi connectivity index (χ0n) is 15.9. The summed E-state index contributed by atoms with van der Waals surface area (Å²) in [4.78, 5) is 32.0. The third-order valence-corrected chi connectivity index (χ3v) is 5.18. The molecule has 6 heteroatoms. The zero-order chi connectivity index (χ0) is 20.0. The molecule has 0 aliphatic carbocycles. The Labute approximate surface area is 167 Å². The molecule has 0 atom stereocenters. The highest BCUT2D eigenvalue weighted by Gasteiger charge is 2.22. The minimum absolute atomic E-state index is 0.0279. The van der Waals surface area contributed by atoms with Crippen LogP contribution in [0.3, 0.4) is 0 Å². The molecule has 1 aromatic heterocycles. The maximum absolute atomic E-state index is 13.4. The maximum Gasteiger partial charge on any atom is 0.266 e. The highest BCUT2D eigenvalue weighted by atomic mass is 35.5. The number of aromatic nitrogens is 2. The van der Waals surface area contributed by atoms with E-state index in [1.165, 1.54) is 0 Å². The van der Waals surface area contributed by atoms with Gasteiger partial charge in [-0.25, -0.2) is 4.98 Å². The van der Waals surface area contributed by atoms with E-state index in [1.807, 2.05) is 44.2 Å². The number of benzene rings is 2. The average molecular weight is 394 g/mol. The third kappa shape index (κ3) is 2.92. The molecule has 1 amide bonds. The normalized spacial score (nSPS) is 13.2. The van der Waals surface area contributed by atoms with Gasteiger partial charge < -0.3 is 4.90 Å². The Kier molecular flexibility index (Phi) is 4.55. The molecule has 0 bridgehead atoms. The second-order valence-corrected chi connectivity index (χ2v) is 7.60. The lowest BCUT2D eigenvalue weighted by atomic mass is 10.0. The van der Waals surface area contributed by atoms with Crippen LogP contribution in [0.15, 0.2) is 47.3 Å². The van der Waals surface area contributed by atoms with Crippen LogP contribution < -0.4 is 10.5 Å². The second kappa shape index (κ2) is 6.91. The molecule has 0 unspecified atom stereocenters. The van der Waals surface area contributed by atoms with E-state index >= 15 is 0 Å². The van der Waals surface area contributed by atoms with Crippen LogP contribution in [0.1, 0.15) is 38.1 Å². The fraction of sp³-hybridized carbons (Fsp3) is 0.227. The Morgan fingerprint density at radius 2 is 1.86 bits per heavy atom. The Bertz CT molecular complexity index is 1180. The lowest BCUT2D eigenvalue weighted by molar-refractivity contribution is -0.116. The van der Waals surface area contributed by atoms with Gasteiger partial charge in [0.25, 0.3) is 5.56 Å². The molecule has 2 aromatic carbocycles. The fourth-order valence-corrected chi connectivity index (χ4v) is 3.70. The first-order valence-corrected chi connectivity index (χ1v) is 9.56. The van der Waals surface area contributed by atoms with E-state index in [0.717, 1.165) is 16.9 Å². The van der Waals surface area contributed by atoms with E-state index in [0.29, 0.717) is 28.3 Å². The molecule has 0 fully saturated rings. The summed E-state index contributed by atoms with van der Waals surface area (Å²) in [6, 6.07) is 10.7. The van der Waals surface area contributed by atoms with Gasteiger partial charge in [-0.3, -0.25) is 14.2 Å². The number of fused-ring (bicyclic) bond motifs is 3. The fourth-order valence-electron chi connectivity index (χ4n) is 3.58. The van der Waals surface area contributed by atoms with Crippen LogP contribution in [0.5, 0.6) is 0 Å². The van der Waals surface area contributed by atoms with Gasteiger partial charge in [0.05, 0.1) is 22.3 Å². The summed E-state index contributed by atoms with van der Waals surface area (Å²) in [7, 11) is 0. The summed E-state index contributed by atoms with van der Waals surface area (Å²) >= 11 is 6.01. The van der Waals surface area contributed by atoms with Crippen molar-refractivity contribution in [3.05, 3.63) is 69.2 Å². The molecular weight excluding hydrogens is 374 g/mol. The quantitative estimate of drug-likeness (QED) is 0.642. The summed E-state index contributed by atoms with van der Waals surface area (Å²) in [5.41, 5.74) is 2.81. The molecule has 142 valence electrons. The lowest BCUT2D eigenvalue weighted by Crippen LogP contribution is -2.31. The first-order valence-electron chi connectivity index (χ1n) is 9.18. The first-order chi connectivity index (χ1) is 13.4. The molecule has 1 aliphatic rings. The molecule has 28 heavy (non-hydrogen) atoms. The van der Waals surface area contributed by atoms with E-state index in [-0.39, 0.29) is 17.4 Å². The van der Waals surface area contributed by atoms with Crippen LogP contribution in [-0.2, 0) is 4.79 Å². The molecule has 0 saturated carbocycles. The Balaban J connectivity index is 2.06. The lowest BCUT2D eigenvalue weighted by Gasteiger charge is -2.26. The molecule has 0 N–H and O–H groups in total. The predicted molar refractivity (Wildman–Crippen MR) is 114 cm³/mol. The van der Waals surface area contributed by atoms with E-state index in [9.17, 15) is 9.59 Å². The summed E-state index contributed by atoms with van der Waals surface area (Å²) in [6.07, 6.45) is 3.87. The van der Waals surface area contributed by atoms with Crippen molar-refractivity contribution >= 4 is 40.2 Å². The van der Waals surface area contributed by atoms with Crippen molar-refractivity contribution in [1.29, 1.82) is 0 Å². The van der Waals surface area contributed by atoms with Gasteiger partial charge in [-0.15, -0.1) is 0 Å². The van der Waals surface area contributed by atoms with Gasteiger partial charge in [0, 0.05) is 30.0 Å². The SMILES string of the molecule is CC(=O)N1CC=Cc2c1ccc1c(=O)n(-c3ccc(Cl)cc3)c(C(C)C)nc21. The number of nitrogens with zero attached hydrogens (tertiary/aromatic N) is 3. The molecule has 0 saturated heterocycles. The van der Waals surface area contributed by atoms with Gasteiger partial charge >= 0.3 is 0 Å². The standard InChI is InChI=1S/C22H20ClN3O2/c1-13(2)21-24-20-17-5-4-12-25(14(3)27)19(17)11-10-18(20)22(28)26(21)16-8-6-15(23)7-9-16/h4-11,13H,12H2,1-3H3. The largest absolute Gasteiger partial charge is 0.308 e. The van der Waals surface area contributed by atoms with Crippen molar-refractivity contribution in [2.75, 3.05) is 11.4 Å². The van der Waals surface area contributed by atoms with Crippen molar-refractivity contribution in [1.82, 2.24) is 9.55 Å². The number of amides is 1. The van der Waals surface area contributed by atoms with Crippen molar-refractivity contribution in [2.45, 2.75) is 26.7 Å². The smallest absolute Gasteiger partial charge is 0.266 e. The predicted octanol–water partition coefficient (Wildman–Crippen LogP) is 4.54. The minimum atomic E-state index is -0.132. The van der Waals surface area contributed by atoms with E-state index in [4.69, 9.17) is 16.6 Å². The topological polar surface area (TPSA) is 55.2 Å². The van der Waals surface area contributed by atoms with Gasteiger partial charge in [0.2, 0.25) is 5.91 Å². The van der Waals surface area contributed by atoms with Crippen LogP contribution in [0.25, 0.3) is 22.7 Å². The third-order valence-electron chi connectivity index (χ3n) is 4.93. The van der Waals surface area contributed by atoms with Gasteiger partial charge in [0.15, 0.2) is 0 Å². The van der Waals surface area contributed by atoms with Gasteiger partial charge in [-0.2, -0.15) is 0 Å². The van der Waals surface area contributed by atoms with Crippen LogP contribution >= 0.6 is 11.6 Å². The molecule has 5 nitrogen and oxygen atoms in total. The molecule has 3 aromatic rings. The molecule has 0 radical (unpaired) electrons. The number of halogens is 1. The van der Waals surface area contributed by atoms with Gasteiger partial charge in [-0.05, 0) is 36.4 Å².